The Morgan fingerprint density at radius 1 is 0.960 bits per heavy atom. The summed E-state index contributed by atoms with van der Waals surface area (Å²) in [4.78, 5) is 42.3. The highest BCUT2D eigenvalue weighted by molar-refractivity contribution is 5.82. The van der Waals surface area contributed by atoms with Crippen LogP contribution in [0.3, 0.4) is 0 Å². The molecule has 1 fully saturated rings. The summed E-state index contributed by atoms with van der Waals surface area (Å²) in [5.41, 5.74) is 0.526. The summed E-state index contributed by atoms with van der Waals surface area (Å²) in [7, 11) is 0. The second-order valence-electron chi connectivity index (χ2n) is 13.6. The van der Waals surface area contributed by atoms with Gasteiger partial charge in [0.15, 0.2) is 0 Å². The number of pyridine rings is 1. The number of benzene rings is 2. The van der Waals surface area contributed by atoms with E-state index in [0.29, 0.717) is 34.9 Å². The summed E-state index contributed by atoms with van der Waals surface area (Å²) in [5.74, 6) is -2.80. The van der Waals surface area contributed by atoms with E-state index in [1.165, 1.54) is 13.0 Å². The van der Waals surface area contributed by atoms with Crippen LogP contribution in [0, 0.1) is 45.2 Å². The van der Waals surface area contributed by atoms with Gasteiger partial charge in [-0.15, -0.1) is 0 Å². The Balaban J connectivity index is 1.81. The molecule has 2 atom stereocenters. The molecule has 50 heavy (non-hydrogen) atoms. The van der Waals surface area contributed by atoms with Crippen LogP contribution < -0.4 is 10.9 Å². The van der Waals surface area contributed by atoms with E-state index >= 15 is 8.78 Å². The number of aromatic nitrogens is 1. The van der Waals surface area contributed by atoms with E-state index < -0.39 is 59.3 Å². The summed E-state index contributed by atoms with van der Waals surface area (Å²) in [6, 6.07) is 2.68. The highest BCUT2D eigenvalue weighted by Gasteiger charge is 2.36. The predicted molar refractivity (Wildman–Crippen MR) is 182 cm³/mol. The number of nitrogens with one attached hydrogen (secondary N) is 1. The average Bonchev–Trinajstić information content (AvgIpc) is 2.99. The number of hydrogen-bond acceptors (Lipinski definition) is 5. The lowest BCUT2D eigenvalue weighted by atomic mass is 9.89. The van der Waals surface area contributed by atoms with Gasteiger partial charge in [-0.25, -0.2) is 8.78 Å². The number of halogens is 5. The third-order valence-electron chi connectivity index (χ3n) is 9.26. The zero-order chi connectivity index (χ0) is 37.1. The van der Waals surface area contributed by atoms with E-state index in [-0.39, 0.29) is 42.1 Å². The van der Waals surface area contributed by atoms with E-state index in [1.807, 2.05) is 4.90 Å². The molecule has 3 aromatic rings. The van der Waals surface area contributed by atoms with Crippen molar-refractivity contribution in [3.05, 3.63) is 91.4 Å². The number of rotatable bonds is 13. The summed E-state index contributed by atoms with van der Waals surface area (Å²) < 4.78 is 79.5. The maximum Gasteiger partial charge on any atom is 0.416 e. The molecule has 12 heteroatoms. The fourth-order valence-electron chi connectivity index (χ4n) is 6.67. The highest BCUT2D eigenvalue weighted by atomic mass is 19.4. The number of amides is 1. The van der Waals surface area contributed by atoms with Gasteiger partial charge in [0.2, 0.25) is 5.91 Å². The van der Waals surface area contributed by atoms with Crippen molar-refractivity contribution >= 4 is 11.9 Å². The number of carbonyl (C=O) groups excluding carboxylic acids is 2. The van der Waals surface area contributed by atoms with E-state index in [1.54, 1.807) is 53.7 Å². The van der Waals surface area contributed by atoms with Crippen molar-refractivity contribution in [3.63, 3.8) is 0 Å². The van der Waals surface area contributed by atoms with Crippen molar-refractivity contribution in [2.24, 2.45) is 5.92 Å². The number of hydrogen-bond donors (Lipinski definition) is 1. The molecule has 1 aliphatic rings. The van der Waals surface area contributed by atoms with Crippen molar-refractivity contribution in [1.29, 1.82) is 0 Å². The standard InChI is InChI=1S/C38H46F5N3O4/c1-8-50-33(48)19-30(28-17-27(16-24(6)36(28)40)34-22(4)15-23(5)35(39)25(34)7)44-37(49)31(14-21(2)3)46-20-26(10-13-45-11-9-12-45)29(18-32(46)47)38(41,42)43/h15-18,20-21,30-31H,8-14,19H2,1-7H3,(H,44,49)/t30-,31?/m0/s1. The smallest absolute Gasteiger partial charge is 0.416 e. The molecular weight excluding hydrogens is 657 g/mol. The molecular formula is C38H46F5N3O4. The molecule has 2 aromatic carbocycles. The van der Waals surface area contributed by atoms with E-state index in [9.17, 15) is 27.6 Å². The van der Waals surface area contributed by atoms with Crippen LogP contribution in [0.2, 0.25) is 0 Å². The van der Waals surface area contributed by atoms with Gasteiger partial charge in [0.25, 0.3) is 5.56 Å². The van der Waals surface area contributed by atoms with Crippen LogP contribution in [0.4, 0.5) is 22.0 Å². The zero-order valence-electron chi connectivity index (χ0n) is 29.7. The van der Waals surface area contributed by atoms with Crippen LogP contribution in [-0.2, 0) is 26.9 Å². The van der Waals surface area contributed by atoms with Gasteiger partial charge >= 0.3 is 12.1 Å². The minimum absolute atomic E-state index is 0.0202. The zero-order valence-corrected chi connectivity index (χ0v) is 29.7. The molecule has 1 N–H and O–H groups in total. The van der Waals surface area contributed by atoms with Crippen molar-refractivity contribution in [2.75, 3.05) is 26.2 Å². The van der Waals surface area contributed by atoms with E-state index in [2.05, 4.69) is 5.32 Å². The molecule has 1 amide bonds. The Kier molecular flexibility index (Phi) is 12.3. The molecule has 4 rings (SSSR count). The molecule has 2 heterocycles. The Bertz CT molecular complexity index is 1800. The van der Waals surface area contributed by atoms with Crippen molar-refractivity contribution in [1.82, 2.24) is 14.8 Å². The van der Waals surface area contributed by atoms with Gasteiger partial charge in [0.1, 0.15) is 17.7 Å². The number of carbonyl (C=O) groups is 2. The Labute approximate surface area is 289 Å². The predicted octanol–water partition coefficient (Wildman–Crippen LogP) is 7.69. The van der Waals surface area contributed by atoms with Gasteiger partial charge in [0, 0.05) is 24.4 Å². The van der Waals surface area contributed by atoms with Crippen LogP contribution in [0.1, 0.15) is 91.1 Å². The number of alkyl halides is 3. The van der Waals surface area contributed by atoms with Crippen molar-refractivity contribution in [3.8, 4) is 11.1 Å². The third-order valence-corrected chi connectivity index (χ3v) is 9.26. The molecule has 0 saturated carbocycles. The first-order valence-corrected chi connectivity index (χ1v) is 17.0. The number of likely N-dealkylation sites (tertiary alicyclic amines) is 1. The minimum Gasteiger partial charge on any atom is -0.466 e. The number of esters is 1. The SMILES string of the molecule is CCOC(=O)C[C@H](NC(=O)C(CC(C)C)n1cc(CCN2CCC2)c(C(F)(F)F)cc1=O)c1cc(-c2c(C)cc(C)c(F)c2C)cc(C)c1F. The van der Waals surface area contributed by atoms with Gasteiger partial charge in [-0.05, 0) is 124 Å². The Morgan fingerprint density at radius 3 is 2.20 bits per heavy atom. The Hall–Kier alpha value is -4.06. The second kappa shape index (κ2) is 15.9. The van der Waals surface area contributed by atoms with Crippen molar-refractivity contribution < 1.29 is 36.3 Å². The van der Waals surface area contributed by atoms with Crippen molar-refractivity contribution in [2.45, 2.75) is 92.4 Å². The molecule has 1 saturated heterocycles. The third kappa shape index (κ3) is 8.80. The van der Waals surface area contributed by atoms with Crippen LogP contribution in [0.15, 0.2) is 35.3 Å². The molecule has 1 unspecified atom stereocenters. The van der Waals surface area contributed by atoms with E-state index in [0.717, 1.165) is 35.8 Å². The summed E-state index contributed by atoms with van der Waals surface area (Å²) in [5, 5.41) is 2.74. The quantitative estimate of drug-likeness (QED) is 0.146. The highest BCUT2D eigenvalue weighted by Crippen LogP contribution is 2.36. The molecule has 0 bridgehead atoms. The lowest BCUT2D eigenvalue weighted by Gasteiger charge is -2.31. The minimum atomic E-state index is -4.78. The van der Waals surface area contributed by atoms with Gasteiger partial charge in [-0.2, -0.15) is 13.2 Å². The first-order chi connectivity index (χ1) is 23.4. The first kappa shape index (κ1) is 38.7. The van der Waals surface area contributed by atoms with Crippen LogP contribution >= 0.6 is 0 Å². The second-order valence-corrected chi connectivity index (χ2v) is 13.6. The maximum absolute atomic E-state index is 16.0. The number of nitrogens with zero attached hydrogens (tertiary/aromatic N) is 2. The fraction of sp³-hybridized carbons (Fsp3) is 0.500. The molecule has 1 aliphatic heterocycles. The monoisotopic (exact) mass is 703 g/mol. The molecule has 272 valence electrons. The van der Waals surface area contributed by atoms with Gasteiger partial charge in [-0.1, -0.05) is 19.9 Å². The fourth-order valence-corrected chi connectivity index (χ4v) is 6.67. The molecule has 7 nitrogen and oxygen atoms in total. The van der Waals surface area contributed by atoms with Gasteiger partial charge < -0.3 is 19.5 Å². The summed E-state index contributed by atoms with van der Waals surface area (Å²) >= 11 is 0. The maximum atomic E-state index is 16.0. The summed E-state index contributed by atoms with van der Waals surface area (Å²) in [6.45, 7) is 13.7. The van der Waals surface area contributed by atoms with Crippen LogP contribution in [0.25, 0.3) is 11.1 Å². The van der Waals surface area contributed by atoms with Crippen LogP contribution in [0.5, 0.6) is 0 Å². The molecule has 0 aliphatic carbocycles. The number of ether oxygens (including phenoxy) is 1. The largest absolute Gasteiger partial charge is 0.466 e. The Morgan fingerprint density at radius 2 is 1.62 bits per heavy atom. The lowest BCUT2D eigenvalue weighted by Crippen LogP contribution is -2.41. The molecule has 0 spiro atoms. The van der Waals surface area contributed by atoms with Gasteiger partial charge in [-0.3, -0.25) is 14.4 Å². The normalized spacial score (nSPS) is 14.7. The molecule has 0 radical (unpaired) electrons. The van der Waals surface area contributed by atoms with Gasteiger partial charge in [0.05, 0.1) is 24.6 Å². The first-order valence-electron chi connectivity index (χ1n) is 17.0. The molecule has 1 aromatic heterocycles. The summed E-state index contributed by atoms with van der Waals surface area (Å²) in [6.07, 6.45) is -3.10. The van der Waals surface area contributed by atoms with Crippen LogP contribution in [-0.4, -0.2) is 47.6 Å². The van der Waals surface area contributed by atoms with E-state index in [4.69, 9.17) is 4.74 Å². The lowest BCUT2D eigenvalue weighted by molar-refractivity contribution is -0.144. The number of aryl methyl sites for hydroxylation is 3. The average molecular weight is 704 g/mol. The topological polar surface area (TPSA) is 80.6 Å².